The van der Waals surface area contributed by atoms with Crippen LogP contribution in [0.25, 0.3) is 0 Å². The number of nitrogens with zero attached hydrogens (tertiary/aromatic N) is 3. The Bertz CT molecular complexity index is 1360. The average Bonchev–Trinajstić information content (AvgIpc) is 3.12. The molecule has 1 fully saturated rings. The van der Waals surface area contributed by atoms with Gasteiger partial charge in [-0.3, -0.25) is 4.79 Å². The zero-order valence-electron chi connectivity index (χ0n) is 18.5. The maximum atomic E-state index is 13.4. The lowest BCUT2D eigenvalue weighted by Crippen LogP contribution is -2.35. The van der Waals surface area contributed by atoms with Crippen molar-refractivity contribution < 1.29 is 13.2 Å². The quantitative estimate of drug-likeness (QED) is 0.491. The molecule has 0 bridgehead atoms. The van der Waals surface area contributed by atoms with E-state index in [-0.39, 0.29) is 10.8 Å². The van der Waals surface area contributed by atoms with Crippen LogP contribution in [0, 0.1) is 0 Å². The molecule has 3 aromatic carbocycles. The number of carbonyl (C=O) groups is 1. The number of amides is 1. The zero-order valence-corrected chi connectivity index (χ0v) is 20.1. The van der Waals surface area contributed by atoms with E-state index in [1.54, 1.807) is 39.5 Å². The lowest BCUT2D eigenvalue weighted by atomic mass is 10.1. The first-order chi connectivity index (χ1) is 16.4. The van der Waals surface area contributed by atoms with Crippen LogP contribution in [0.1, 0.15) is 30.4 Å². The average molecular weight is 494 g/mol. The molecule has 1 amide bonds. The van der Waals surface area contributed by atoms with Crippen LogP contribution in [-0.2, 0) is 21.4 Å². The third-order valence-electron chi connectivity index (χ3n) is 6.21. The first-order valence-electron chi connectivity index (χ1n) is 11.3. The second kappa shape index (κ2) is 9.33. The third-order valence-corrected chi connectivity index (χ3v) is 8.50. The topological polar surface area (TPSA) is 70.0 Å². The van der Waals surface area contributed by atoms with E-state index < -0.39 is 10.0 Å². The van der Waals surface area contributed by atoms with Crippen LogP contribution in [0.3, 0.4) is 0 Å². The van der Waals surface area contributed by atoms with Gasteiger partial charge in [0.05, 0.1) is 22.8 Å². The molecule has 2 aliphatic rings. The van der Waals surface area contributed by atoms with Crippen molar-refractivity contribution in [2.24, 2.45) is 4.99 Å². The molecular weight excluding hydrogens is 470 g/mol. The van der Waals surface area contributed by atoms with E-state index >= 15 is 0 Å². The van der Waals surface area contributed by atoms with Crippen LogP contribution in [0.2, 0.25) is 5.02 Å². The third kappa shape index (κ3) is 4.27. The fraction of sp³-hybridized carbons (Fsp3) is 0.231. The van der Waals surface area contributed by atoms with Crippen molar-refractivity contribution >= 4 is 44.6 Å². The number of halogens is 1. The summed E-state index contributed by atoms with van der Waals surface area (Å²) in [7, 11) is -3.52. The van der Waals surface area contributed by atoms with Crippen LogP contribution < -0.4 is 4.90 Å². The van der Waals surface area contributed by atoms with Gasteiger partial charge in [0.1, 0.15) is 5.71 Å². The second-order valence-corrected chi connectivity index (χ2v) is 10.8. The van der Waals surface area contributed by atoms with E-state index in [9.17, 15) is 13.2 Å². The Hall–Kier alpha value is -3.00. The van der Waals surface area contributed by atoms with Crippen LogP contribution >= 0.6 is 11.6 Å². The van der Waals surface area contributed by atoms with Crippen molar-refractivity contribution in [2.75, 3.05) is 18.0 Å². The van der Waals surface area contributed by atoms with Gasteiger partial charge < -0.3 is 4.90 Å². The van der Waals surface area contributed by atoms with Crippen molar-refractivity contribution in [2.45, 2.75) is 30.7 Å². The Morgan fingerprint density at radius 3 is 2.26 bits per heavy atom. The van der Waals surface area contributed by atoms with Crippen molar-refractivity contribution in [1.82, 2.24) is 4.31 Å². The first-order valence-corrected chi connectivity index (χ1v) is 13.1. The summed E-state index contributed by atoms with van der Waals surface area (Å²) in [4.78, 5) is 19.9. The molecule has 0 aromatic heterocycles. The van der Waals surface area contributed by atoms with Crippen molar-refractivity contribution in [3.05, 3.63) is 88.9 Å². The lowest BCUT2D eigenvalue weighted by molar-refractivity contribution is -0.112. The number of hydrogen-bond acceptors (Lipinski definition) is 4. The Balaban J connectivity index is 1.44. The van der Waals surface area contributed by atoms with Gasteiger partial charge in [0.25, 0.3) is 5.91 Å². The summed E-state index contributed by atoms with van der Waals surface area (Å²) in [6, 6.07) is 21.4. The zero-order chi connectivity index (χ0) is 23.7. The van der Waals surface area contributed by atoms with Gasteiger partial charge in [-0.05, 0) is 54.8 Å². The fourth-order valence-corrected chi connectivity index (χ4v) is 6.11. The summed E-state index contributed by atoms with van der Waals surface area (Å²) in [5.74, 6) is -0.217. The smallest absolute Gasteiger partial charge is 0.277 e. The number of aliphatic imine (C=N–C) groups is 1. The molecule has 0 aliphatic carbocycles. The molecule has 0 radical (unpaired) electrons. The van der Waals surface area contributed by atoms with Gasteiger partial charge in [-0.1, -0.05) is 54.4 Å². The summed E-state index contributed by atoms with van der Waals surface area (Å²) < 4.78 is 27.4. The van der Waals surface area contributed by atoms with Gasteiger partial charge in [0.2, 0.25) is 10.0 Å². The second-order valence-electron chi connectivity index (χ2n) is 8.42. The van der Waals surface area contributed by atoms with Gasteiger partial charge in [-0.25, -0.2) is 13.4 Å². The molecule has 0 unspecified atom stereocenters. The summed E-state index contributed by atoms with van der Waals surface area (Å²) in [6.07, 6.45) is 2.83. The monoisotopic (exact) mass is 493 g/mol. The Labute approximate surface area is 204 Å². The van der Waals surface area contributed by atoms with E-state index in [0.29, 0.717) is 36.1 Å². The highest BCUT2D eigenvalue weighted by molar-refractivity contribution is 7.89. The largest absolute Gasteiger partial charge is 0.302 e. The van der Waals surface area contributed by atoms with Gasteiger partial charge >= 0.3 is 0 Å². The maximum Gasteiger partial charge on any atom is 0.277 e. The van der Waals surface area contributed by atoms with E-state index in [1.165, 1.54) is 0 Å². The molecule has 8 heteroatoms. The molecule has 174 valence electrons. The molecule has 0 atom stereocenters. The van der Waals surface area contributed by atoms with Crippen molar-refractivity contribution in [3.63, 3.8) is 0 Å². The summed E-state index contributed by atoms with van der Waals surface area (Å²) >= 11 is 6.33. The maximum absolute atomic E-state index is 13.4. The fourth-order valence-electron chi connectivity index (χ4n) is 4.40. The van der Waals surface area contributed by atoms with E-state index in [4.69, 9.17) is 11.6 Å². The number of rotatable bonds is 5. The van der Waals surface area contributed by atoms with Gasteiger partial charge in [0.15, 0.2) is 0 Å². The van der Waals surface area contributed by atoms with Gasteiger partial charge in [-0.15, -0.1) is 0 Å². The molecule has 0 saturated carbocycles. The summed E-state index contributed by atoms with van der Waals surface area (Å²) in [6.45, 7) is 1.44. The molecule has 3 aromatic rings. The SMILES string of the molecule is O=C1C(=Nc2ccc(S(=O)(=O)N3CCCCC3)cc2)c2ccccc2N1Cc1ccccc1Cl. The highest BCUT2D eigenvalue weighted by atomic mass is 35.5. The van der Waals surface area contributed by atoms with E-state index in [1.807, 2.05) is 42.5 Å². The molecule has 5 rings (SSSR count). The number of sulfonamides is 1. The van der Waals surface area contributed by atoms with Crippen LogP contribution in [0.4, 0.5) is 11.4 Å². The Kier molecular flexibility index (Phi) is 6.25. The highest BCUT2D eigenvalue weighted by Crippen LogP contribution is 2.33. The minimum atomic E-state index is -3.52. The molecule has 1 saturated heterocycles. The highest BCUT2D eigenvalue weighted by Gasteiger charge is 2.34. The van der Waals surface area contributed by atoms with Crippen molar-refractivity contribution in [3.8, 4) is 0 Å². The Morgan fingerprint density at radius 2 is 1.53 bits per heavy atom. The molecule has 0 N–H and O–H groups in total. The first kappa shape index (κ1) is 22.8. The number of anilines is 1. The number of benzene rings is 3. The lowest BCUT2D eigenvalue weighted by Gasteiger charge is -2.25. The van der Waals surface area contributed by atoms with E-state index in [0.717, 1.165) is 36.1 Å². The number of hydrogen-bond donors (Lipinski definition) is 0. The van der Waals surface area contributed by atoms with Crippen LogP contribution in [0.15, 0.2) is 82.7 Å². The molecule has 34 heavy (non-hydrogen) atoms. The molecule has 2 aliphatic heterocycles. The van der Waals surface area contributed by atoms with E-state index in [2.05, 4.69) is 4.99 Å². The van der Waals surface area contributed by atoms with Gasteiger partial charge in [-0.2, -0.15) is 4.31 Å². The molecule has 6 nitrogen and oxygen atoms in total. The van der Waals surface area contributed by atoms with Crippen LogP contribution in [-0.4, -0.2) is 37.4 Å². The standard InChI is InChI=1S/C26H24ClN3O3S/c27-23-10-4-2-8-19(23)18-30-24-11-5-3-9-22(24)25(26(30)31)28-20-12-14-21(15-13-20)34(32,33)29-16-6-1-7-17-29/h2-5,8-15H,1,6-7,16-18H2. The number of piperidine rings is 1. The minimum Gasteiger partial charge on any atom is -0.302 e. The summed E-state index contributed by atoms with van der Waals surface area (Å²) in [5.41, 5.74) is 3.21. The van der Waals surface area contributed by atoms with Crippen LogP contribution in [0.5, 0.6) is 0 Å². The molecular formula is C26H24ClN3O3S. The number of carbonyl (C=O) groups excluding carboxylic acids is 1. The normalized spacial score (nSPS) is 17.9. The molecule has 2 heterocycles. The summed E-state index contributed by atoms with van der Waals surface area (Å²) in [5, 5.41) is 0.601. The number of para-hydroxylation sites is 1. The minimum absolute atomic E-state index is 0.217. The van der Waals surface area contributed by atoms with Gasteiger partial charge in [0, 0.05) is 23.7 Å². The predicted molar refractivity (Wildman–Crippen MR) is 134 cm³/mol. The van der Waals surface area contributed by atoms with Crippen molar-refractivity contribution in [1.29, 1.82) is 0 Å². The number of fused-ring (bicyclic) bond motifs is 1. The predicted octanol–water partition coefficient (Wildman–Crippen LogP) is 5.18. The molecule has 0 spiro atoms. The Morgan fingerprint density at radius 1 is 0.853 bits per heavy atom.